The van der Waals surface area contributed by atoms with Crippen molar-refractivity contribution in [2.45, 2.75) is 20.3 Å². The molecule has 2 aromatic carbocycles. The van der Waals surface area contributed by atoms with Crippen molar-refractivity contribution < 1.29 is 4.79 Å². The van der Waals surface area contributed by atoms with E-state index in [0.717, 1.165) is 12.0 Å². The molecule has 0 spiro atoms. The maximum atomic E-state index is 10.4. The Morgan fingerprint density at radius 1 is 1.06 bits per heavy atom. The van der Waals surface area contributed by atoms with Gasteiger partial charge in [-0.15, -0.1) is 0 Å². The van der Waals surface area contributed by atoms with E-state index >= 15 is 0 Å². The first-order valence-electron chi connectivity index (χ1n) is 5.92. The summed E-state index contributed by atoms with van der Waals surface area (Å²) >= 11 is 0. The Morgan fingerprint density at radius 3 is 2.44 bits per heavy atom. The Hall–Kier alpha value is -2.18. The molecule has 0 bridgehead atoms. The van der Waals surface area contributed by atoms with E-state index in [4.69, 9.17) is 0 Å². The van der Waals surface area contributed by atoms with E-state index in [9.17, 15) is 4.79 Å². The number of nitrogens with zero attached hydrogens (tertiary/aromatic N) is 1. The van der Waals surface area contributed by atoms with Gasteiger partial charge in [-0.25, -0.2) is 4.79 Å². The average molecular weight is 237 g/mol. The van der Waals surface area contributed by atoms with Crippen LogP contribution in [-0.2, 0) is 11.2 Å². The number of isocyanates is 1. The van der Waals surface area contributed by atoms with Crippen molar-refractivity contribution in [1.82, 2.24) is 0 Å². The van der Waals surface area contributed by atoms with Crippen LogP contribution < -0.4 is 0 Å². The molecule has 0 radical (unpaired) electrons. The predicted molar refractivity (Wildman–Crippen MR) is 72.9 cm³/mol. The Kier molecular flexibility index (Phi) is 3.71. The lowest BCUT2D eigenvalue weighted by Gasteiger charge is -2.09. The molecule has 90 valence electrons. The Balaban J connectivity index is 2.39. The maximum absolute atomic E-state index is 10.4. The second-order valence-electron chi connectivity index (χ2n) is 4.43. The van der Waals surface area contributed by atoms with Crippen LogP contribution in [0.2, 0.25) is 0 Å². The standard InChI is InChI=1S/C16H15NO/c1-12-8-13(2)16(17-11-18)10-15(12)9-14-6-4-3-5-7-14/h3-8,10H,9H2,1-2H3. The van der Waals surface area contributed by atoms with Crippen molar-refractivity contribution in [1.29, 1.82) is 0 Å². The molecule has 0 heterocycles. The van der Waals surface area contributed by atoms with Crippen LogP contribution >= 0.6 is 0 Å². The molecule has 0 amide bonds. The monoisotopic (exact) mass is 237 g/mol. The average Bonchev–Trinajstić information content (AvgIpc) is 2.37. The molecule has 18 heavy (non-hydrogen) atoms. The highest BCUT2D eigenvalue weighted by molar-refractivity contribution is 5.56. The van der Waals surface area contributed by atoms with Crippen LogP contribution in [0, 0.1) is 13.8 Å². The summed E-state index contributed by atoms with van der Waals surface area (Å²) in [6, 6.07) is 14.3. The quantitative estimate of drug-likeness (QED) is 0.588. The minimum Gasteiger partial charge on any atom is -0.211 e. The molecule has 0 unspecified atom stereocenters. The molecule has 0 N–H and O–H groups in total. The summed E-state index contributed by atoms with van der Waals surface area (Å²) in [7, 11) is 0. The molecule has 0 aliphatic heterocycles. The van der Waals surface area contributed by atoms with Crippen molar-refractivity contribution in [3.8, 4) is 0 Å². The number of hydrogen-bond acceptors (Lipinski definition) is 2. The lowest BCUT2D eigenvalue weighted by atomic mass is 9.98. The summed E-state index contributed by atoms with van der Waals surface area (Å²) in [5.74, 6) is 0. The highest BCUT2D eigenvalue weighted by atomic mass is 16.1. The third kappa shape index (κ3) is 2.73. The Labute approximate surface area is 107 Å². The van der Waals surface area contributed by atoms with E-state index in [1.807, 2.05) is 31.2 Å². The number of rotatable bonds is 3. The maximum Gasteiger partial charge on any atom is 0.240 e. The van der Waals surface area contributed by atoms with Gasteiger partial charge < -0.3 is 0 Å². The van der Waals surface area contributed by atoms with Gasteiger partial charge >= 0.3 is 0 Å². The highest BCUT2D eigenvalue weighted by Gasteiger charge is 2.05. The zero-order valence-corrected chi connectivity index (χ0v) is 10.6. The van der Waals surface area contributed by atoms with Gasteiger partial charge in [0, 0.05) is 0 Å². The van der Waals surface area contributed by atoms with Crippen LogP contribution in [-0.4, -0.2) is 6.08 Å². The number of benzene rings is 2. The van der Waals surface area contributed by atoms with Crippen molar-refractivity contribution >= 4 is 11.8 Å². The fourth-order valence-electron chi connectivity index (χ4n) is 2.06. The first-order chi connectivity index (χ1) is 8.70. The second-order valence-corrected chi connectivity index (χ2v) is 4.43. The van der Waals surface area contributed by atoms with Crippen LogP contribution in [0.25, 0.3) is 0 Å². The molecule has 0 fully saturated rings. The van der Waals surface area contributed by atoms with Gasteiger partial charge in [-0.1, -0.05) is 36.4 Å². The molecule has 2 nitrogen and oxygen atoms in total. The predicted octanol–water partition coefficient (Wildman–Crippen LogP) is 3.86. The molecule has 0 atom stereocenters. The normalized spacial score (nSPS) is 9.89. The van der Waals surface area contributed by atoms with E-state index in [0.29, 0.717) is 5.69 Å². The van der Waals surface area contributed by atoms with Crippen LogP contribution in [0.5, 0.6) is 0 Å². The zero-order chi connectivity index (χ0) is 13.0. The molecule has 0 aromatic heterocycles. The lowest BCUT2D eigenvalue weighted by Crippen LogP contribution is -1.93. The minimum atomic E-state index is 0.710. The molecule has 0 aliphatic carbocycles. The summed E-state index contributed by atoms with van der Waals surface area (Å²) in [5, 5.41) is 0. The molecule has 0 saturated heterocycles. The third-order valence-electron chi connectivity index (χ3n) is 3.06. The van der Waals surface area contributed by atoms with Crippen molar-refractivity contribution in [3.05, 3.63) is 64.7 Å². The zero-order valence-electron chi connectivity index (χ0n) is 10.6. The van der Waals surface area contributed by atoms with Crippen LogP contribution in [0.4, 0.5) is 5.69 Å². The largest absolute Gasteiger partial charge is 0.240 e. The van der Waals surface area contributed by atoms with Crippen molar-refractivity contribution in [3.63, 3.8) is 0 Å². The number of aliphatic imine (C=N–C) groups is 1. The van der Waals surface area contributed by atoms with Gasteiger partial charge in [0.1, 0.15) is 0 Å². The van der Waals surface area contributed by atoms with Gasteiger partial charge in [0.05, 0.1) is 5.69 Å². The molecule has 0 saturated carbocycles. The van der Waals surface area contributed by atoms with E-state index in [-0.39, 0.29) is 0 Å². The summed E-state index contributed by atoms with van der Waals surface area (Å²) < 4.78 is 0. The first kappa shape index (κ1) is 12.3. The van der Waals surface area contributed by atoms with E-state index in [1.54, 1.807) is 6.08 Å². The van der Waals surface area contributed by atoms with Crippen LogP contribution in [0.1, 0.15) is 22.3 Å². The van der Waals surface area contributed by atoms with Gasteiger partial charge in [-0.05, 0) is 48.6 Å². The fraction of sp³-hybridized carbons (Fsp3) is 0.188. The molecule has 2 rings (SSSR count). The van der Waals surface area contributed by atoms with Gasteiger partial charge in [0.25, 0.3) is 0 Å². The molecule has 2 aromatic rings. The number of carbonyl (C=O) groups excluding carboxylic acids is 1. The lowest BCUT2D eigenvalue weighted by molar-refractivity contribution is 0.565. The third-order valence-corrected chi connectivity index (χ3v) is 3.06. The summed E-state index contributed by atoms with van der Waals surface area (Å²) in [6.07, 6.45) is 2.47. The van der Waals surface area contributed by atoms with Gasteiger partial charge in [0.15, 0.2) is 0 Å². The Morgan fingerprint density at radius 2 is 1.78 bits per heavy atom. The van der Waals surface area contributed by atoms with Crippen molar-refractivity contribution in [2.75, 3.05) is 0 Å². The smallest absolute Gasteiger partial charge is 0.211 e. The van der Waals surface area contributed by atoms with Gasteiger partial charge in [-0.3, -0.25) is 0 Å². The van der Waals surface area contributed by atoms with Gasteiger partial charge in [-0.2, -0.15) is 4.99 Å². The number of aryl methyl sites for hydroxylation is 2. The first-order valence-corrected chi connectivity index (χ1v) is 5.92. The van der Waals surface area contributed by atoms with Crippen LogP contribution in [0.15, 0.2) is 47.5 Å². The summed E-state index contributed by atoms with van der Waals surface area (Å²) in [5.41, 5.74) is 5.39. The van der Waals surface area contributed by atoms with Crippen molar-refractivity contribution in [2.24, 2.45) is 4.99 Å². The van der Waals surface area contributed by atoms with E-state index in [2.05, 4.69) is 30.1 Å². The summed E-state index contributed by atoms with van der Waals surface area (Å²) in [4.78, 5) is 14.1. The molecular weight excluding hydrogens is 222 g/mol. The topological polar surface area (TPSA) is 29.4 Å². The molecule has 2 heteroatoms. The highest BCUT2D eigenvalue weighted by Crippen LogP contribution is 2.24. The second kappa shape index (κ2) is 5.44. The van der Waals surface area contributed by atoms with E-state index < -0.39 is 0 Å². The fourth-order valence-corrected chi connectivity index (χ4v) is 2.06. The SMILES string of the molecule is Cc1cc(C)c(N=C=O)cc1Cc1ccccc1. The van der Waals surface area contributed by atoms with E-state index in [1.165, 1.54) is 16.7 Å². The molecular formula is C16H15NO. The Bertz CT molecular complexity index is 596. The number of hydrogen-bond donors (Lipinski definition) is 0. The minimum absolute atomic E-state index is 0.710. The molecule has 0 aliphatic rings. The summed E-state index contributed by atoms with van der Waals surface area (Å²) in [6.45, 7) is 4.04. The van der Waals surface area contributed by atoms with Crippen LogP contribution in [0.3, 0.4) is 0 Å². The van der Waals surface area contributed by atoms with Gasteiger partial charge in [0.2, 0.25) is 6.08 Å².